The molecule has 3 atom stereocenters. The third kappa shape index (κ3) is 11.3. The van der Waals surface area contributed by atoms with Crippen molar-refractivity contribution in [2.75, 3.05) is 45.8 Å². The quantitative estimate of drug-likeness (QED) is 0.0463. The van der Waals surface area contributed by atoms with Crippen molar-refractivity contribution < 1.29 is 34.4 Å². The van der Waals surface area contributed by atoms with Crippen molar-refractivity contribution in [3.05, 3.63) is 251 Å². The van der Waals surface area contributed by atoms with E-state index in [4.69, 9.17) is 4.74 Å². The van der Waals surface area contributed by atoms with E-state index in [1.54, 1.807) is 78.9 Å². The third-order valence-electron chi connectivity index (χ3n) is 16.2. The first-order valence-electron chi connectivity index (χ1n) is 27.6. The summed E-state index contributed by atoms with van der Waals surface area (Å²) in [6.07, 6.45) is 10.1. The van der Waals surface area contributed by atoms with E-state index in [0.717, 1.165) is 74.1 Å². The Morgan fingerprint density at radius 2 is 0.987 bits per heavy atom. The predicted molar refractivity (Wildman–Crippen MR) is 306 cm³/mol. The van der Waals surface area contributed by atoms with Crippen molar-refractivity contribution in [2.45, 2.75) is 67.2 Å². The SMILES string of the molecule is O=C(NC1CCN(CC2=CCCC=C2)CC1)C(O)(c1ccccc1)c1cccc(-c2ccc(C(O)(C(=O)NC3CN(Cc4ccccc4)C3)c3ccc(-c4ccc(C(O)(C(=O)OC5CNC5)c5ccccc5)cc4)cc3)cc2)c1. The second-order valence-electron chi connectivity index (χ2n) is 21.5. The van der Waals surface area contributed by atoms with E-state index in [1.807, 2.05) is 97.1 Å². The lowest BCUT2D eigenvalue weighted by Crippen LogP contribution is -2.61. The number of nitrogens with zero attached hydrogens (tertiary/aromatic N) is 2. The molecule has 0 radical (unpaired) electrons. The second kappa shape index (κ2) is 23.3. The van der Waals surface area contributed by atoms with Crippen LogP contribution < -0.4 is 16.0 Å². The zero-order valence-corrected chi connectivity index (χ0v) is 44.2. The highest BCUT2D eigenvalue weighted by atomic mass is 16.6. The Labute approximate surface area is 462 Å². The maximum Gasteiger partial charge on any atom is 0.348 e. The van der Waals surface area contributed by atoms with Crippen LogP contribution in [0.15, 0.2) is 212 Å². The lowest BCUT2D eigenvalue weighted by Gasteiger charge is -2.41. The van der Waals surface area contributed by atoms with Crippen LogP contribution in [0.2, 0.25) is 0 Å². The first kappa shape index (κ1) is 53.2. The van der Waals surface area contributed by atoms with Crippen molar-refractivity contribution >= 4 is 17.8 Å². The molecule has 7 aromatic rings. The van der Waals surface area contributed by atoms with E-state index in [2.05, 4.69) is 56.1 Å². The standard InChI is InChI=1S/C67H67N5O7/c73-62(70-60-45-72(46-60)44-48-16-7-2-8-17-48)65(76,55-30-24-49(25-31-55)50-26-34-57(35-27-50)67(78,54-21-11-4-12-22-54)64(75)79-61-41-68-42-61)56-32-28-51(29-33-56)52-18-13-23-58(40-52)66(77,53-19-9-3-10-20-53)63(74)69-59-36-38-71(39-37-59)43-47-14-5-1-6-15-47/h2-5,7-35,40,59-61,68,76-78H,1,6,36-39,41-46H2,(H,69,74)(H,70,73). The summed E-state index contributed by atoms with van der Waals surface area (Å²) in [4.78, 5) is 47.5. The maximum absolute atomic E-state index is 14.7. The Morgan fingerprint density at radius 3 is 1.52 bits per heavy atom. The number of amides is 2. The van der Waals surface area contributed by atoms with Gasteiger partial charge in [0, 0.05) is 58.4 Å². The molecule has 0 spiro atoms. The Morgan fingerprint density at radius 1 is 0.506 bits per heavy atom. The van der Waals surface area contributed by atoms with Crippen LogP contribution in [0.1, 0.15) is 64.6 Å². The van der Waals surface area contributed by atoms with Crippen LogP contribution >= 0.6 is 0 Å². The Bertz CT molecular complexity index is 3300. The number of carbonyl (C=O) groups excluding carboxylic acids is 3. The largest absolute Gasteiger partial charge is 0.457 e. The summed E-state index contributed by atoms with van der Waals surface area (Å²) in [5.74, 6) is -1.78. The molecule has 7 aromatic carbocycles. The molecule has 0 aromatic heterocycles. The molecule has 79 heavy (non-hydrogen) atoms. The first-order chi connectivity index (χ1) is 38.5. The number of likely N-dealkylation sites (tertiary alicyclic amines) is 2. The number of hydrogen-bond acceptors (Lipinski definition) is 10. The number of nitrogens with one attached hydrogen (secondary N) is 3. The molecule has 3 saturated heterocycles. The average Bonchev–Trinajstić information content (AvgIpc) is 3.53. The summed E-state index contributed by atoms with van der Waals surface area (Å²) in [5, 5.41) is 47.2. The number of hydrogen-bond donors (Lipinski definition) is 6. The van der Waals surface area contributed by atoms with E-state index in [9.17, 15) is 29.7 Å². The zero-order valence-electron chi connectivity index (χ0n) is 44.2. The Balaban J connectivity index is 0.846. The number of benzene rings is 7. The number of aliphatic hydroxyl groups is 3. The summed E-state index contributed by atoms with van der Waals surface area (Å²) >= 11 is 0. The molecule has 11 rings (SSSR count). The van der Waals surface area contributed by atoms with Crippen LogP contribution in [-0.2, 0) is 42.5 Å². The highest BCUT2D eigenvalue weighted by Crippen LogP contribution is 2.38. The van der Waals surface area contributed by atoms with Gasteiger partial charge in [-0.3, -0.25) is 19.4 Å². The highest BCUT2D eigenvalue weighted by Gasteiger charge is 2.45. The molecule has 12 nitrogen and oxygen atoms in total. The van der Waals surface area contributed by atoms with Crippen molar-refractivity contribution in [1.29, 1.82) is 0 Å². The summed E-state index contributed by atoms with van der Waals surface area (Å²) in [6.45, 7) is 5.64. The van der Waals surface area contributed by atoms with Gasteiger partial charge in [0.25, 0.3) is 11.8 Å². The number of piperidine rings is 1. The third-order valence-corrected chi connectivity index (χ3v) is 16.2. The molecule has 3 fully saturated rings. The van der Waals surface area contributed by atoms with E-state index in [-0.39, 0.29) is 18.2 Å². The predicted octanol–water partition coefficient (Wildman–Crippen LogP) is 8.10. The van der Waals surface area contributed by atoms with Gasteiger partial charge in [0.2, 0.25) is 5.60 Å². The number of allylic oxidation sites excluding steroid dienone is 2. The minimum absolute atomic E-state index is 0.0944. The summed E-state index contributed by atoms with van der Waals surface area (Å²) in [7, 11) is 0. The lowest BCUT2D eigenvalue weighted by atomic mass is 9.82. The molecule has 0 saturated carbocycles. The molecule has 6 N–H and O–H groups in total. The highest BCUT2D eigenvalue weighted by molar-refractivity contribution is 5.92. The molecule has 2 amide bonds. The zero-order chi connectivity index (χ0) is 54.4. The lowest BCUT2D eigenvalue weighted by molar-refractivity contribution is -0.170. The monoisotopic (exact) mass is 1050 g/mol. The van der Waals surface area contributed by atoms with Gasteiger partial charge < -0.3 is 36.0 Å². The van der Waals surface area contributed by atoms with Crippen LogP contribution in [0.5, 0.6) is 0 Å². The van der Waals surface area contributed by atoms with Gasteiger partial charge in [0.15, 0.2) is 11.2 Å². The van der Waals surface area contributed by atoms with Crippen molar-refractivity contribution in [2.24, 2.45) is 0 Å². The minimum atomic E-state index is -2.11. The fourth-order valence-electron chi connectivity index (χ4n) is 11.3. The smallest absolute Gasteiger partial charge is 0.348 e. The average molecular weight is 1050 g/mol. The van der Waals surface area contributed by atoms with E-state index < -0.39 is 34.6 Å². The van der Waals surface area contributed by atoms with Crippen molar-refractivity contribution in [3.63, 3.8) is 0 Å². The molecule has 402 valence electrons. The van der Waals surface area contributed by atoms with Crippen LogP contribution in [0.4, 0.5) is 0 Å². The van der Waals surface area contributed by atoms with Crippen LogP contribution in [0, 0.1) is 0 Å². The Kier molecular flexibility index (Phi) is 15.7. The maximum atomic E-state index is 14.7. The van der Waals surface area contributed by atoms with E-state index in [1.165, 1.54) is 11.1 Å². The molecule has 3 heterocycles. The molecule has 4 aliphatic rings. The Hall–Kier alpha value is -7.81. The van der Waals surface area contributed by atoms with E-state index in [0.29, 0.717) is 59.6 Å². The first-order valence-corrected chi connectivity index (χ1v) is 27.6. The fourth-order valence-corrected chi connectivity index (χ4v) is 11.3. The number of rotatable bonds is 18. The summed E-state index contributed by atoms with van der Waals surface area (Å²) in [6, 6.07) is 56.5. The molecule has 0 bridgehead atoms. The van der Waals surface area contributed by atoms with Gasteiger partial charge >= 0.3 is 5.97 Å². The van der Waals surface area contributed by atoms with Gasteiger partial charge in [0.05, 0.1) is 6.04 Å². The normalized spacial score (nSPS) is 18.6. The topological polar surface area (TPSA) is 164 Å². The molecule has 3 aliphatic heterocycles. The van der Waals surface area contributed by atoms with E-state index >= 15 is 0 Å². The van der Waals surface area contributed by atoms with Crippen LogP contribution in [0.25, 0.3) is 22.3 Å². The van der Waals surface area contributed by atoms with Crippen LogP contribution in [-0.4, -0.2) is 107 Å². The molecule has 1 aliphatic carbocycles. The number of ether oxygens (including phenoxy) is 1. The molecule has 12 heteroatoms. The fraction of sp³-hybridized carbons (Fsp3) is 0.269. The number of esters is 1. The second-order valence-corrected chi connectivity index (χ2v) is 21.5. The summed E-state index contributed by atoms with van der Waals surface area (Å²) in [5.41, 5.74) is 1.75. The van der Waals surface area contributed by atoms with Gasteiger partial charge in [-0.15, -0.1) is 0 Å². The molecular formula is C67H67N5O7. The minimum Gasteiger partial charge on any atom is -0.457 e. The van der Waals surface area contributed by atoms with Gasteiger partial charge in [0.1, 0.15) is 6.10 Å². The van der Waals surface area contributed by atoms with Gasteiger partial charge in [-0.25, -0.2) is 4.79 Å². The molecular weight excluding hydrogens is 987 g/mol. The van der Waals surface area contributed by atoms with Gasteiger partial charge in [-0.2, -0.15) is 0 Å². The van der Waals surface area contributed by atoms with Crippen molar-refractivity contribution in [1.82, 2.24) is 25.8 Å². The van der Waals surface area contributed by atoms with Crippen LogP contribution in [0.3, 0.4) is 0 Å². The number of carbonyl (C=O) groups is 3. The van der Waals surface area contributed by atoms with Gasteiger partial charge in [-0.05, 0) is 98.5 Å². The summed E-state index contributed by atoms with van der Waals surface area (Å²) < 4.78 is 5.71. The van der Waals surface area contributed by atoms with Gasteiger partial charge in [-0.1, -0.05) is 200 Å². The molecule has 3 unspecified atom stereocenters. The van der Waals surface area contributed by atoms with Crippen molar-refractivity contribution in [3.8, 4) is 22.3 Å².